The van der Waals surface area contributed by atoms with Gasteiger partial charge in [-0.05, 0) is 31.0 Å². The second kappa shape index (κ2) is 6.59. The topological polar surface area (TPSA) is 37.8 Å². The zero-order valence-corrected chi connectivity index (χ0v) is 9.86. The summed E-state index contributed by atoms with van der Waals surface area (Å²) >= 11 is 0. The van der Waals surface area contributed by atoms with E-state index in [2.05, 4.69) is 15.5 Å². The van der Waals surface area contributed by atoms with Crippen molar-refractivity contribution < 1.29 is 0 Å². The van der Waals surface area contributed by atoms with Gasteiger partial charge in [-0.1, -0.05) is 32.1 Å². The number of hydrogen-bond acceptors (Lipinski definition) is 3. The summed E-state index contributed by atoms with van der Waals surface area (Å²) in [7, 11) is 0. The Bertz CT molecular complexity index is 280. The Morgan fingerprint density at radius 3 is 2.88 bits per heavy atom. The second-order valence-electron chi connectivity index (χ2n) is 4.68. The van der Waals surface area contributed by atoms with Crippen LogP contribution in [0.1, 0.15) is 44.2 Å². The average molecular weight is 219 g/mol. The predicted molar refractivity (Wildman–Crippen MR) is 64.9 cm³/mol. The number of rotatable bonds is 5. The molecule has 0 aromatic carbocycles. The zero-order valence-electron chi connectivity index (χ0n) is 9.86. The van der Waals surface area contributed by atoms with Crippen LogP contribution in [0, 0.1) is 5.92 Å². The fraction of sp³-hybridized carbons (Fsp3) is 0.692. The minimum absolute atomic E-state index is 0.848. The van der Waals surface area contributed by atoms with Crippen LogP contribution < -0.4 is 5.32 Å². The van der Waals surface area contributed by atoms with E-state index in [4.69, 9.17) is 0 Å². The highest BCUT2D eigenvalue weighted by Crippen LogP contribution is 2.25. The van der Waals surface area contributed by atoms with Crippen LogP contribution in [0.3, 0.4) is 0 Å². The third-order valence-electron chi connectivity index (χ3n) is 3.39. The lowest BCUT2D eigenvalue weighted by molar-refractivity contribution is 0.333. The van der Waals surface area contributed by atoms with Gasteiger partial charge in [-0.3, -0.25) is 0 Å². The van der Waals surface area contributed by atoms with Gasteiger partial charge in [0.15, 0.2) is 0 Å². The molecule has 1 saturated carbocycles. The Hall–Kier alpha value is -0.960. The summed E-state index contributed by atoms with van der Waals surface area (Å²) in [5, 5.41) is 11.4. The molecule has 1 fully saturated rings. The first kappa shape index (κ1) is 11.5. The van der Waals surface area contributed by atoms with Gasteiger partial charge in [0.2, 0.25) is 0 Å². The third kappa shape index (κ3) is 3.89. The van der Waals surface area contributed by atoms with Crippen molar-refractivity contribution in [1.82, 2.24) is 15.5 Å². The lowest BCUT2D eigenvalue weighted by Crippen LogP contribution is -2.19. The normalized spacial score (nSPS) is 17.5. The third-order valence-corrected chi connectivity index (χ3v) is 3.39. The van der Waals surface area contributed by atoms with Gasteiger partial charge in [0.1, 0.15) is 0 Å². The number of aromatic nitrogens is 2. The maximum Gasteiger partial charge on any atom is 0.0768 e. The van der Waals surface area contributed by atoms with Crippen molar-refractivity contribution >= 4 is 0 Å². The molecule has 3 heteroatoms. The van der Waals surface area contributed by atoms with E-state index in [1.54, 1.807) is 6.20 Å². The molecule has 1 aromatic rings. The molecule has 0 radical (unpaired) electrons. The molecule has 3 nitrogen and oxygen atoms in total. The predicted octanol–water partition coefficient (Wildman–Crippen LogP) is 2.54. The van der Waals surface area contributed by atoms with Crippen LogP contribution in [0.5, 0.6) is 0 Å². The largest absolute Gasteiger partial charge is 0.311 e. The van der Waals surface area contributed by atoms with Gasteiger partial charge in [0.05, 0.1) is 5.69 Å². The molecular weight excluding hydrogens is 198 g/mol. The van der Waals surface area contributed by atoms with Gasteiger partial charge >= 0.3 is 0 Å². The van der Waals surface area contributed by atoms with Crippen LogP contribution in [0.25, 0.3) is 0 Å². The van der Waals surface area contributed by atoms with Gasteiger partial charge in [0.25, 0.3) is 0 Å². The Kier molecular flexibility index (Phi) is 4.74. The van der Waals surface area contributed by atoms with Gasteiger partial charge in [-0.25, -0.2) is 0 Å². The van der Waals surface area contributed by atoms with Crippen LogP contribution in [-0.4, -0.2) is 16.7 Å². The summed E-state index contributed by atoms with van der Waals surface area (Å²) in [4.78, 5) is 0. The van der Waals surface area contributed by atoms with E-state index in [-0.39, 0.29) is 0 Å². The molecule has 0 amide bonds. The zero-order chi connectivity index (χ0) is 11.1. The van der Waals surface area contributed by atoms with Crippen LogP contribution in [-0.2, 0) is 6.54 Å². The van der Waals surface area contributed by atoms with Gasteiger partial charge < -0.3 is 5.32 Å². The van der Waals surface area contributed by atoms with Gasteiger partial charge in [0, 0.05) is 12.7 Å². The molecule has 0 aliphatic heterocycles. The minimum atomic E-state index is 0.848. The van der Waals surface area contributed by atoms with E-state index in [0.717, 1.165) is 24.7 Å². The minimum Gasteiger partial charge on any atom is -0.311 e. The summed E-state index contributed by atoms with van der Waals surface area (Å²) in [6, 6.07) is 3.95. The van der Waals surface area contributed by atoms with Crippen molar-refractivity contribution in [2.24, 2.45) is 5.92 Å². The Balaban J connectivity index is 1.58. The molecule has 1 aromatic heterocycles. The number of nitrogens with one attached hydrogen (secondary N) is 1. The van der Waals surface area contributed by atoms with E-state index >= 15 is 0 Å². The number of nitrogens with zero attached hydrogens (tertiary/aromatic N) is 2. The van der Waals surface area contributed by atoms with Gasteiger partial charge in [-0.2, -0.15) is 10.2 Å². The van der Waals surface area contributed by atoms with Crippen molar-refractivity contribution in [3.05, 3.63) is 24.0 Å². The molecule has 1 aliphatic carbocycles. The molecule has 88 valence electrons. The first-order valence-corrected chi connectivity index (χ1v) is 6.42. The van der Waals surface area contributed by atoms with E-state index in [0.29, 0.717) is 0 Å². The maximum atomic E-state index is 4.05. The molecular formula is C13H21N3. The molecule has 0 bridgehead atoms. The lowest BCUT2D eigenvalue weighted by atomic mass is 9.87. The van der Waals surface area contributed by atoms with E-state index < -0.39 is 0 Å². The molecule has 2 rings (SSSR count). The monoisotopic (exact) mass is 219 g/mol. The van der Waals surface area contributed by atoms with Crippen LogP contribution in [0.4, 0.5) is 0 Å². The fourth-order valence-electron chi connectivity index (χ4n) is 2.43. The fourth-order valence-corrected chi connectivity index (χ4v) is 2.43. The molecule has 0 atom stereocenters. The summed E-state index contributed by atoms with van der Waals surface area (Å²) in [5.74, 6) is 0.961. The highest BCUT2D eigenvalue weighted by atomic mass is 15.1. The van der Waals surface area contributed by atoms with E-state index in [9.17, 15) is 0 Å². The van der Waals surface area contributed by atoms with Gasteiger partial charge in [-0.15, -0.1) is 0 Å². The molecule has 0 saturated heterocycles. The Morgan fingerprint density at radius 1 is 1.25 bits per heavy atom. The highest BCUT2D eigenvalue weighted by molar-refractivity contribution is 4.98. The first-order chi connectivity index (χ1) is 7.95. The van der Waals surface area contributed by atoms with Crippen molar-refractivity contribution in [2.45, 2.75) is 45.1 Å². The summed E-state index contributed by atoms with van der Waals surface area (Å²) in [6.45, 7) is 1.96. The van der Waals surface area contributed by atoms with Crippen molar-refractivity contribution in [3.8, 4) is 0 Å². The molecule has 1 heterocycles. The van der Waals surface area contributed by atoms with Crippen molar-refractivity contribution in [2.75, 3.05) is 6.54 Å². The summed E-state index contributed by atoms with van der Waals surface area (Å²) in [6.07, 6.45) is 10.2. The van der Waals surface area contributed by atoms with E-state index in [1.807, 2.05) is 12.1 Å². The highest BCUT2D eigenvalue weighted by Gasteiger charge is 2.12. The molecule has 1 N–H and O–H groups in total. The average Bonchev–Trinajstić information content (AvgIpc) is 2.37. The van der Waals surface area contributed by atoms with E-state index in [1.165, 1.54) is 38.5 Å². The van der Waals surface area contributed by atoms with Crippen LogP contribution in [0.15, 0.2) is 18.3 Å². The second-order valence-corrected chi connectivity index (χ2v) is 4.68. The maximum absolute atomic E-state index is 4.05. The first-order valence-electron chi connectivity index (χ1n) is 6.42. The smallest absolute Gasteiger partial charge is 0.0768 e. The van der Waals surface area contributed by atoms with Crippen LogP contribution in [0.2, 0.25) is 0 Å². The Morgan fingerprint density at radius 2 is 2.12 bits per heavy atom. The summed E-state index contributed by atoms with van der Waals surface area (Å²) in [5.41, 5.74) is 1.03. The number of hydrogen-bond donors (Lipinski definition) is 1. The summed E-state index contributed by atoms with van der Waals surface area (Å²) < 4.78 is 0. The Labute approximate surface area is 97.7 Å². The lowest BCUT2D eigenvalue weighted by Gasteiger charge is -2.21. The standard InChI is InChI=1S/C13H21N3/c1-2-5-12(6-3-1)8-10-14-11-13-7-4-9-15-16-13/h4,7,9,12,14H,1-3,5-6,8,10-11H2. The molecule has 0 spiro atoms. The van der Waals surface area contributed by atoms with Crippen LogP contribution >= 0.6 is 0 Å². The molecule has 1 aliphatic rings. The molecule has 0 unspecified atom stereocenters. The SMILES string of the molecule is c1cnnc(CNCCC2CCCCC2)c1. The molecule has 16 heavy (non-hydrogen) atoms. The van der Waals surface area contributed by atoms with Crippen molar-refractivity contribution in [3.63, 3.8) is 0 Å². The quantitative estimate of drug-likeness (QED) is 0.773. The van der Waals surface area contributed by atoms with Crippen molar-refractivity contribution in [1.29, 1.82) is 0 Å².